The Morgan fingerprint density at radius 1 is 1.09 bits per heavy atom. The van der Waals surface area contributed by atoms with E-state index in [1.54, 1.807) is 41.3 Å². The largest absolute Gasteiger partial charge is 0.495 e. The first-order valence-corrected chi connectivity index (χ1v) is 13.8. The van der Waals surface area contributed by atoms with Crippen LogP contribution < -0.4 is 14.4 Å². The lowest BCUT2D eigenvalue weighted by Gasteiger charge is -2.31. The molecule has 0 radical (unpaired) electrons. The zero-order valence-electron chi connectivity index (χ0n) is 20.7. The number of hydrogen-bond donors (Lipinski definition) is 1. The molecule has 0 spiro atoms. The molecule has 0 bridgehead atoms. The molecule has 0 aliphatic rings. The van der Waals surface area contributed by atoms with Gasteiger partial charge in [0.1, 0.15) is 11.8 Å². The summed E-state index contributed by atoms with van der Waals surface area (Å²) in [7, 11) is -2.14. The van der Waals surface area contributed by atoms with Gasteiger partial charge >= 0.3 is 0 Å². The van der Waals surface area contributed by atoms with Gasteiger partial charge in [-0.25, -0.2) is 8.42 Å². The van der Waals surface area contributed by atoms with Gasteiger partial charge in [0, 0.05) is 31.1 Å². The Kier molecular flexibility index (Phi) is 10.9. The van der Waals surface area contributed by atoms with E-state index in [1.807, 2.05) is 26.0 Å². The number of carbonyl (C=O) groups is 2. The van der Waals surface area contributed by atoms with E-state index in [9.17, 15) is 18.0 Å². The number of likely N-dealkylation sites (N-methyl/N-ethyl adjacent to an activating group) is 1. The molecule has 0 aliphatic carbocycles. The molecule has 2 amide bonds. The third kappa shape index (κ3) is 8.14. The lowest BCUT2D eigenvalue weighted by Crippen LogP contribution is -2.49. The number of amides is 2. The SMILES string of the molecule is CCNC(=O)C(CC)N(Cc1ccc(Cl)cc1)C(=O)CCCN(c1ccccc1OC)S(C)(=O)=O. The van der Waals surface area contributed by atoms with Gasteiger partial charge in [0.25, 0.3) is 0 Å². The maximum atomic E-state index is 13.3. The van der Waals surface area contributed by atoms with Crippen LogP contribution in [0.4, 0.5) is 5.69 Å². The van der Waals surface area contributed by atoms with Crippen molar-refractivity contribution in [2.45, 2.75) is 45.7 Å². The highest BCUT2D eigenvalue weighted by molar-refractivity contribution is 7.92. The minimum absolute atomic E-state index is 0.0741. The summed E-state index contributed by atoms with van der Waals surface area (Å²) in [5.41, 5.74) is 1.26. The van der Waals surface area contributed by atoms with Crippen LogP contribution in [-0.2, 0) is 26.2 Å². The number of nitrogens with zero attached hydrogens (tertiary/aromatic N) is 2. The van der Waals surface area contributed by atoms with E-state index in [-0.39, 0.29) is 37.7 Å². The van der Waals surface area contributed by atoms with Crippen LogP contribution in [0.2, 0.25) is 5.02 Å². The second kappa shape index (κ2) is 13.3. The molecule has 1 atom stereocenters. The molecule has 1 unspecified atom stereocenters. The Hall–Kier alpha value is -2.78. The van der Waals surface area contributed by atoms with Gasteiger partial charge in [0.2, 0.25) is 21.8 Å². The lowest BCUT2D eigenvalue weighted by molar-refractivity contribution is -0.141. The summed E-state index contributed by atoms with van der Waals surface area (Å²) in [4.78, 5) is 27.6. The number of sulfonamides is 1. The predicted molar refractivity (Wildman–Crippen MR) is 139 cm³/mol. The number of para-hydroxylation sites is 2. The van der Waals surface area contributed by atoms with Gasteiger partial charge in [0.15, 0.2) is 0 Å². The maximum absolute atomic E-state index is 13.3. The van der Waals surface area contributed by atoms with Crippen molar-refractivity contribution in [2.24, 2.45) is 0 Å². The molecule has 0 aromatic heterocycles. The molecule has 0 saturated heterocycles. The van der Waals surface area contributed by atoms with Crippen LogP contribution in [0.5, 0.6) is 5.75 Å². The Bertz CT molecular complexity index is 1090. The van der Waals surface area contributed by atoms with Crippen LogP contribution >= 0.6 is 11.6 Å². The zero-order chi connectivity index (χ0) is 26.0. The maximum Gasteiger partial charge on any atom is 0.242 e. The Morgan fingerprint density at radius 3 is 2.31 bits per heavy atom. The minimum Gasteiger partial charge on any atom is -0.495 e. The van der Waals surface area contributed by atoms with Crippen molar-refractivity contribution in [1.29, 1.82) is 0 Å². The van der Waals surface area contributed by atoms with E-state index in [1.165, 1.54) is 11.4 Å². The first-order valence-electron chi connectivity index (χ1n) is 11.5. The monoisotopic (exact) mass is 523 g/mol. The summed E-state index contributed by atoms with van der Waals surface area (Å²) < 4.78 is 31.6. The van der Waals surface area contributed by atoms with E-state index in [0.29, 0.717) is 29.4 Å². The average molecular weight is 524 g/mol. The number of nitrogens with one attached hydrogen (secondary N) is 1. The first kappa shape index (κ1) is 28.5. The number of halogens is 1. The molecule has 1 N–H and O–H groups in total. The van der Waals surface area contributed by atoms with Gasteiger partial charge < -0.3 is 15.0 Å². The molecule has 10 heteroatoms. The molecule has 0 fully saturated rings. The quantitative estimate of drug-likeness (QED) is 0.430. The average Bonchev–Trinajstić information content (AvgIpc) is 2.82. The van der Waals surface area contributed by atoms with Gasteiger partial charge in [-0.15, -0.1) is 0 Å². The molecular formula is C25H34ClN3O5S. The number of anilines is 1. The van der Waals surface area contributed by atoms with Crippen molar-refractivity contribution in [3.63, 3.8) is 0 Å². The Balaban J connectivity index is 2.22. The molecule has 2 aromatic rings. The van der Waals surface area contributed by atoms with Crippen LogP contribution in [0.1, 0.15) is 38.7 Å². The third-order valence-electron chi connectivity index (χ3n) is 5.51. The van der Waals surface area contributed by atoms with Crippen LogP contribution in [-0.4, -0.2) is 57.6 Å². The smallest absolute Gasteiger partial charge is 0.242 e. The van der Waals surface area contributed by atoms with E-state index in [4.69, 9.17) is 16.3 Å². The fourth-order valence-corrected chi connectivity index (χ4v) is 4.91. The molecule has 35 heavy (non-hydrogen) atoms. The topological polar surface area (TPSA) is 96.0 Å². The molecule has 0 aliphatic heterocycles. The normalized spacial score (nSPS) is 12.0. The molecule has 2 rings (SSSR count). The summed E-state index contributed by atoms with van der Waals surface area (Å²) in [6.45, 7) is 4.48. The van der Waals surface area contributed by atoms with Crippen molar-refractivity contribution in [2.75, 3.05) is 30.8 Å². The van der Waals surface area contributed by atoms with Gasteiger partial charge in [-0.3, -0.25) is 13.9 Å². The number of rotatable bonds is 13. The number of ether oxygens (including phenoxy) is 1. The van der Waals surface area contributed by atoms with Crippen molar-refractivity contribution < 1.29 is 22.7 Å². The standard InChI is InChI=1S/C25H34ClN3O5S/c1-5-21(25(31)27-6-2)28(18-19-13-15-20(26)16-14-19)24(30)12-9-17-29(35(4,32)33)22-10-7-8-11-23(22)34-3/h7-8,10-11,13-16,21H,5-6,9,12,17-18H2,1-4H3,(H,27,31). The fourth-order valence-electron chi connectivity index (χ4n) is 3.82. The second-order valence-electron chi connectivity index (χ2n) is 8.08. The highest BCUT2D eigenvalue weighted by Gasteiger charge is 2.29. The number of hydrogen-bond acceptors (Lipinski definition) is 5. The highest BCUT2D eigenvalue weighted by atomic mass is 35.5. The summed E-state index contributed by atoms with van der Waals surface area (Å²) in [6, 6.07) is 13.3. The highest BCUT2D eigenvalue weighted by Crippen LogP contribution is 2.29. The summed E-state index contributed by atoms with van der Waals surface area (Å²) in [6.07, 6.45) is 1.91. The van der Waals surface area contributed by atoms with E-state index >= 15 is 0 Å². The van der Waals surface area contributed by atoms with E-state index in [0.717, 1.165) is 11.8 Å². The second-order valence-corrected chi connectivity index (χ2v) is 10.4. The Labute approximate surface area is 213 Å². The molecule has 0 saturated carbocycles. The molecule has 2 aromatic carbocycles. The number of benzene rings is 2. The summed E-state index contributed by atoms with van der Waals surface area (Å²) in [5, 5.41) is 3.38. The summed E-state index contributed by atoms with van der Waals surface area (Å²) in [5.74, 6) is -0.0217. The number of carbonyl (C=O) groups excluding carboxylic acids is 2. The first-order chi connectivity index (χ1) is 16.6. The predicted octanol–water partition coefficient (Wildman–Crippen LogP) is 3.84. The van der Waals surface area contributed by atoms with Crippen LogP contribution in [0.3, 0.4) is 0 Å². The van der Waals surface area contributed by atoms with Crippen molar-refractivity contribution in [3.05, 3.63) is 59.1 Å². The zero-order valence-corrected chi connectivity index (χ0v) is 22.2. The Morgan fingerprint density at radius 2 is 1.74 bits per heavy atom. The van der Waals surface area contributed by atoms with Crippen LogP contribution in [0.15, 0.2) is 48.5 Å². The lowest BCUT2D eigenvalue weighted by atomic mass is 10.1. The van der Waals surface area contributed by atoms with Crippen molar-refractivity contribution in [3.8, 4) is 5.75 Å². The van der Waals surface area contributed by atoms with Gasteiger partial charge in [0.05, 0.1) is 19.1 Å². The van der Waals surface area contributed by atoms with E-state index in [2.05, 4.69) is 5.32 Å². The molecule has 0 heterocycles. The minimum atomic E-state index is -3.61. The molecule has 192 valence electrons. The van der Waals surface area contributed by atoms with Crippen LogP contribution in [0.25, 0.3) is 0 Å². The molecular weight excluding hydrogens is 490 g/mol. The van der Waals surface area contributed by atoms with Gasteiger partial charge in [-0.05, 0) is 49.6 Å². The van der Waals surface area contributed by atoms with Gasteiger partial charge in [-0.1, -0.05) is 42.8 Å². The van der Waals surface area contributed by atoms with Crippen molar-refractivity contribution in [1.82, 2.24) is 10.2 Å². The fraction of sp³-hybridized carbons (Fsp3) is 0.440. The third-order valence-corrected chi connectivity index (χ3v) is 6.94. The summed E-state index contributed by atoms with van der Waals surface area (Å²) >= 11 is 5.99. The van der Waals surface area contributed by atoms with E-state index < -0.39 is 16.1 Å². The number of methoxy groups -OCH3 is 1. The van der Waals surface area contributed by atoms with Crippen LogP contribution in [0, 0.1) is 0 Å². The molecule has 8 nitrogen and oxygen atoms in total. The van der Waals surface area contributed by atoms with Gasteiger partial charge in [-0.2, -0.15) is 0 Å². The van der Waals surface area contributed by atoms with Crippen molar-refractivity contribution >= 4 is 39.1 Å².